The van der Waals surface area contributed by atoms with E-state index in [1.165, 1.54) is 16.5 Å². The Morgan fingerprint density at radius 3 is 2.02 bits per heavy atom. The monoisotopic (exact) mass is 947 g/mol. The summed E-state index contributed by atoms with van der Waals surface area (Å²) >= 11 is 0. The standard InChI is InChI=1S/C52H44N6.Pt/c1-51(2,3)34-27-28-43-40(30-34)42-31-35(52(4,5)6)32-46(50(42)54-43)58-45-24-14-13-22-39(45)49(55-58)38-23-17-25-44-41(38)33-48(56(44)36-18-9-7-10-19-36)57(37-20-11-8-12-21-37)47-26-15-16-29-53-47;/h7-32H,1-6H3;/q-2;+2. The quantitative estimate of drug-likeness (QED) is 0.156. The molecule has 6 aromatic carbocycles. The van der Waals surface area contributed by atoms with E-state index in [0.717, 1.165) is 78.2 Å². The van der Waals surface area contributed by atoms with Crippen LogP contribution < -0.4 is 9.88 Å². The summed E-state index contributed by atoms with van der Waals surface area (Å²) in [4.78, 5) is 12.3. The van der Waals surface area contributed by atoms with E-state index in [-0.39, 0.29) is 31.9 Å². The first-order chi connectivity index (χ1) is 28.0. The number of benzene rings is 6. The number of hydrogen-bond acceptors (Lipinski definition) is 3. The molecule has 0 atom stereocenters. The van der Waals surface area contributed by atoms with Crippen LogP contribution in [0.3, 0.4) is 0 Å². The van der Waals surface area contributed by atoms with Gasteiger partial charge >= 0.3 is 21.1 Å². The zero-order valence-electron chi connectivity index (χ0n) is 34.0. The number of aromatic nitrogens is 5. The zero-order valence-corrected chi connectivity index (χ0v) is 36.3. The van der Waals surface area contributed by atoms with Crippen molar-refractivity contribution in [2.75, 3.05) is 4.90 Å². The van der Waals surface area contributed by atoms with Gasteiger partial charge in [0.25, 0.3) is 0 Å². The average molecular weight is 948 g/mol. The molecular weight excluding hydrogens is 904 g/mol. The molecule has 10 rings (SSSR count). The van der Waals surface area contributed by atoms with Crippen molar-refractivity contribution in [3.8, 4) is 22.6 Å². The molecule has 0 amide bonds. The second kappa shape index (κ2) is 14.5. The van der Waals surface area contributed by atoms with Gasteiger partial charge < -0.3 is 9.55 Å². The fourth-order valence-electron chi connectivity index (χ4n) is 8.18. The van der Waals surface area contributed by atoms with Gasteiger partial charge in [0.05, 0.1) is 17.0 Å². The van der Waals surface area contributed by atoms with E-state index >= 15 is 0 Å². The Morgan fingerprint density at radius 2 is 1.29 bits per heavy atom. The summed E-state index contributed by atoms with van der Waals surface area (Å²) in [5, 5.41) is 9.93. The molecule has 0 aliphatic heterocycles. The molecule has 7 heteroatoms. The number of hydrogen-bond donors (Lipinski definition) is 0. The maximum absolute atomic E-state index is 5.57. The predicted octanol–water partition coefficient (Wildman–Crippen LogP) is 13.2. The van der Waals surface area contributed by atoms with E-state index in [4.69, 9.17) is 15.1 Å². The summed E-state index contributed by atoms with van der Waals surface area (Å²) in [6.45, 7) is 13.6. The summed E-state index contributed by atoms with van der Waals surface area (Å²) in [7, 11) is 0. The molecule has 10 aromatic rings. The molecule has 0 saturated carbocycles. The van der Waals surface area contributed by atoms with Crippen LogP contribution in [0.5, 0.6) is 0 Å². The van der Waals surface area contributed by atoms with Crippen molar-refractivity contribution in [2.45, 2.75) is 52.4 Å². The van der Waals surface area contributed by atoms with Crippen molar-refractivity contribution < 1.29 is 21.1 Å². The van der Waals surface area contributed by atoms with Gasteiger partial charge in [-0.1, -0.05) is 150 Å². The third-order valence-electron chi connectivity index (χ3n) is 11.3. The number of pyridine rings is 1. The van der Waals surface area contributed by atoms with E-state index in [1.54, 1.807) is 0 Å². The van der Waals surface area contributed by atoms with Crippen LogP contribution in [0.4, 0.5) is 17.3 Å². The van der Waals surface area contributed by atoms with Crippen molar-refractivity contribution in [1.82, 2.24) is 24.3 Å². The fraction of sp³-hybridized carbons (Fsp3) is 0.154. The van der Waals surface area contributed by atoms with Crippen LogP contribution in [-0.4, -0.2) is 19.3 Å². The van der Waals surface area contributed by atoms with E-state index in [2.05, 4.69) is 189 Å². The number of anilines is 3. The summed E-state index contributed by atoms with van der Waals surface area (Å²) < 4.78 is 4.40. The van der Waals surface area contributed by atoms with Gasteiger partial charge in [-0.15, -0.1) is 23.2 Å². The van der Waals surface area contributed by atoms with Gasteiger partial charge in [-0.2, -0.15) is 10.5 Å². The molecule has 59 heavy (non-hydrogen) atoms. The van der Waals surface area contributed by atoms with Crippen molar-refractivity contribution in [3.05, 3.63) is 175 Å². The minimum absolute atomic E-state index is 0. The summed E-state index contributed by atoms with van der Waals surface area (Å²) in [5.41, 5.74) is 11.3. The van der Waals surface area contributed by atoms with E-state index in [1.807, 2.05) is 30.5 Å². The van der Waals surface area contributed by atoms with Crippen LogP contribution in [0.1, 0.15) is 52.7 Å². The molecule has 6 nitrogen and oxygen atoms in total. The van der Waals surface area contributed by atoms with Crippen LogP contribution in [0.2, 0.25) is 0 Å². The number of para-hydroxylation sites is 3. The van der Waals surface area contributed by atoms with Crippen LogP contribution in [0, 0.1) is 6.07 Å². The molecule has 0 fully saturated rings. The molecule has 0 aliphatic rings. The smallest absolute Gasteiger partial charge is 0.655 e. The Morgan fingerprint density at radius 1 is 0.610 bits per heavy atom. The average Bonchev–Trinajstić information content (AvgIpc) is 3.93. The normalized spacial score (nSPS) is 12.1. The third-order valence-corrected chi connectivity index (χ3v) is 11.3. The molecule has 0 spiro atoms. The van der Waals surface area contributed by atoms with Gasteiger partial charge in [0.2, 0.25) is 0 Å². The van der Waals surface area contributed by atoms with Gasteiger partial charge in [0.15, 0.2) is 0 Å². The molecule has 0 unspecified atom stereocenters. The Balaban J connectivity index is 0.00000449. The topological polar surface area (TPSA) is 53.0 Å². The van der Waals surface area contributed by atoms with Crippen LogP contribution in [-0.2, 0) is 31.9 Å². The van der Waals surface area contributed by atoms with Gasteiger partial charge in [-0.05, 0) is 81.3 Å². The van der Waals surface area contributed by atoms with E-state index < -0.39 is 0 Å². The van der Waals surface area contributed by atoms with Gasteiger partial charge in [-0.3, -0.25) is 4.90 Å². The minimum atomic E-state index is -0.102. The fourth-order valence-corrected chi connectivity index (χ4v) is 8.18. The second-order valence-electron chi connectivity index (χ2n) is 17.2. The van der Waals surface area contributed by atoms with Crippen LogP contribution >= 0.6 is 0 Å². The summed E-state index contributed by atoms with van der Waals surface area (Å²) in [6.07, 6.45) is 1.84. The maximum atomic E-state index is 5.57. The Bertz CT molecular complexity index is 3090. The first kappa shape index (κ1) is 38.3. The Kier molecular flexibility index (Phi) is 9.44. The Labute approximate surface area is 359 Å². The van der Waals surface area contributed by atoms with Crippen molar-refractivity contribution in [3.63, 3.8) is 0 Å². The first-order valence-corrected chi connectivity index (χ1v) is 20.0. The van der Waals surface area contributed by atoms with Crippen LogP contribution in [0.25, 0.3) is 66.2 Å². The largest absolute Gasteiger partial charge is 2.00 e. The molecule has 0 bridgehead atoms. The number of nitrogens with zero attached hydrogens (tertiary/aromatic N) is 6. The SMILES string of the molecule is CC(C)(C)c1ccc2[n-]c3c(-n4nc(-c5cccc6c5[c-]c(N(c5ccccc5)c5ccccn5)n6-c5ccccc5)c5ccccc54)cc(C(C)(C)C)cc3c2c1.[Pt+2]. The first-order valence-electron chi connectivity index (χ1n) is 20.0. The zero-order chi connectivity index (χ0) is 39.8. The molecule has 292 valence electrons. The second-order valence-corrected chi connectivity index (χ2v) is 17.2. The van der Waals surface area contributed by atoms with Crippen molar-refractivity contribution in [2.24, 2.45) is 0 Å². The Hall–Kier alpha value is -6.23. The number of fused-ring (bicyclic) bond motifs is 5. The summed E-state index contributed by atoms with van der Waals surface area (Å²) in [6, 6.07) is 57.2. The van der Waals surface area contributed by atoms with Gasteiger partial charge in [0.1, 0.15) is 5.82 Å². The molecule has 0 N–H and O–H groups in total. The number of rotatable bonds is 6. The molecule has 0 aliphatic carbocycles. The predicted molar refractivity (Wildman–Crippen MR) is 240 cm³/mol. The third kappa shape index (κ3) is 6.56. The maximum Gasteiger partial charge on any atom is 2.00 e. The van der Waals surface area contributed by atoms with Crippen molar-refractivity contribution in [1.29, 1.82) is 0 Å². The molecule has 4 heterocycles. The minimum Gasteiger partial charge on any atom is -0.655 e. The van der Waals surface area contributed by atoms with Gasteiger partial charge in [0, 0.05) is 28.7 Å². The molecule has 0 saturated heterocycles. The van der Waals surface area contributed by atoms with Gasteiger partial charge in [-0.25, -0.2) is 9.67 Å². The molecule has 0 radical (unpaired) electrons. The van der Waals surface area contributed by atoms with Crippen LogP contribution in [0.15, 0.2) is 158 Å². The molecular formula is C52H44N6Pt. The summed E-state index contributed by atoms with van der Waals surface area (Å²) in [5.74, 6) is 1.65. The van der Waals surface area contributed by atoms with Crippen molar-refractivity contribution >= 4 is 60.9 Å². The van der Waals surface area contributed by atoms with E-state index in [0.29, 0.717) is 0 Å². The molecule has 4 aromatic heterocycles. The van der Waals surface area contributed by atoms with E-state index in [9.17, 15) is 0 Å².